The van der Waals surface area contributed by atoms with E-state index < -0.39 is 5.97 Å². The third-order valence-electron chi connectivity index (χ3n) is 5.19. The van der Waals surface area contributed by atoms with Crippen LogP contribution in [0.4, 0.5) is 0 Å². The molecule has 1 fully saturated rings. The van der Waals surface area contributed by atoms with Gasteiger partial charge in [-0.05, 0) is 89.2 Å². The fourth-order valence-corrected chi connectivity index (χ4v) is 4.58. The fraction of sp³-hybridized carbons (Fsp3) is 0.632. The molecule has 3 rings (SSSR count). The Hall–Kier alpha value is -0.790. The molecule has 7 heteroatoms. The summed E-state index contributed by atoms with van der Waals surface area (Å²) >= 11 is 6.70. The van der Waals surface area contributed by atoms with Crippen LogP contribution < -0.4 is 9.47 Å². The summed E-state index contributed by atoms with van der Waals surface area (Å²) in [7, 11) is 0. The van der Waals surface area contributed by atoms with Crippen LogP contribution in [0, 0.1) is 5.92 Å². The van der Waals surface area contributed by atoms with Crippen LogP contribution >= 0.6 is 31.9 Å². The van der Waals surface area contributed by atoms with E-state index in [0.29, 0.717) is 33.0 Å². The quantitative estimate of drug-likeness (QED) is 0.611. The van der Waals surface area contributed by atoms with Crippen molar-refractivity contribution in [3.05, 3.63) is 20.6 Å². The molecule has 1 aromatic carbocycles. The largest absolute Gasteiger partial charge is 0.485 e. The number of aromatic carboxylic acids is 1. The lowest BCUT2D eigenvalue weighted by atomic mass is 9.91. The van der Waals surface area contributed by atoms with E-state index in [-0.39, 0.29) is 11.7 Å². The maximum absolute atomic E-state index is 11.6. The average molecular weight is 491 g/mol. The Labute approximate surface area is 171 Å². The summed E-state index contributed by atoms with van der Waals surface area (Å²) in [5.41, 5.74) is 0.108. The fourth-order valence-electron chi connectivity index (χ4n) is 3.71. The Morgan fingerprint density at radius 3 is 2.73 bits per heavy atom. The Balaban J connectivity index is 1.60. The van der Waals surface area contributed by atoms with E-state index >= 15 is 0 Å². The molecule has 2 aliphatic heterocycles. The zero-order valence-corrected chi connectivity index (χ0v) is 18.1. The van der Waals surface area contributed by atoms with E-state index in [1.54, 1.807) is 6.07 Å². The Morgan fingerprint density at radius 2 is 2.08 bits per heavy atom. The first-order valence-electron chi connectivity index (χ1n) is 9.26. The molecule has 0 radical (unpaired) electrons. The van der Waals surface area contributed by atoms with Crippen molar-refractivity contribution in [1.29, 1.82) is 0 Å². The topological polar surface area (TPSA) is 59.0 Å². The first-order chi connectivity index (χ1) is 12.5. The van der Waals surface area contributed by atoms with Crippen molar-refractivity contribution in [2.75, 3.05) is 26.2 Å². The van der Waals surface area contributed by atoms with E-state index in [0.717, 1.165) is 19.5 Å². The molecule has 1 aromatic rings. The van der Waals surface area contributed by atoms with Gasteiger partial charge in [-0.3, -0.25) is 0 Å². The maximum Gasteiger partial charge on any atom is 0.340 e. The average Bonchev–Trinajstić information content (AvgIpc) is 2.62. The molecule has 2 aliphatic rings. The van der Waals surface area contributed by atoms with Crippen molar-refractivity contribution in [1.82, 2.24) is 4.90 Å². The number of piperidine rings is 1. The van der Waals surface area contributed by atoms with Crippen molar-refractivity contribution in [2.24, 2.45) is 5.92 Å². The van der Waals surface area contributed by atoms with Crippen molar-refractivity contribution < 1.29 is 19.4 Å². The van der Waals surface area contributed by atoms with Gasteiger partial charge in [0.1, 0.15) is 18.3 Å². The number of benzene rings is 1. The minimum absolute atomic E-state index is 0.0237. The number of unbranched alkanes of at least 4 members (excludes halogenated alkanes) is 1. The smallest absolute Gasteiger partial charge is 0.340 e. The van der Waals surface area contributed by atoms with Crippen molar-refractivity contribution in [3.63, 3.8) is 0 Å². The molecule has 0 bridgehead atoms. The summed E-state index contributed by atoms with van der Waals surface area (Å²) in [5, 5.41) is 9.47. The van der Waals surface area contributed by atoms with Crippen LogP contribution in [0.1, 0.15) is 49.4 Å². The Morgan fingerprint density at radius 1 is 1.35 bits per heavy atom. The summed E-state index contributed by atoms with van der Waals surface area (Å²) < 4.78 is 13.0. The van der Waals surface area contributed by atoms with Crippen LogP contribution in [0.3, 0.4) is 0 Å². The second kappa shape index (κ2) is 8.93. The number of halogens is 2. The number of rotatable bonds is 6. The molecule has 0 saturated carbocycles. The standard InChI is InChI=1S/C19H25Br2NO4/c1-2-3-6-22-7-4-12(5-8-22)9-13-11-25-18-15(26-13)10-14(20)17(21)16(18)19(23)24/h10,12-13H,2-9,11H2,1H3,(H,23,24). The van der Waals surface area contributed by atoms with Crippen LogP contribution in [0.5, 0.6) is 11.5 Å². The summed E-state index contributed by atoms with van der Waals surface area (Å²) in [6, 6.07) is 1.78. The van der Waals surface area contributed by atoms with E-state index in [2.05, 4.69) is 43.7 Å². The SMILES string of the molecule is CCCCN1CCC(CC2COc3c(cc(Br)c(Br)c3C(=O)O)O2)CC1. The number of nitrogens with zero attached hydrogens (tertiary/aromatic N) is 1. The second-order valence-electron chi connectivity index (χ2n) is 7.10. The molecule has 26 heavy (non-hydrogen) atoms. The van der Waals surface area contributed by atoms with Gasteiger partial charge in [-0.25, -0.2) is 4.79 Å². The monoisotopic (exact) mass is 489 g/mol. The summed E-state index contributed by atoms with van der Waals surface area (Å²) in [6.07, 6.45) is 5.84. The highest BCUT2D eigenvalue weighted by Gasteiger charge is 2.31. The number of carbonyl (C=O) groups is 1. The lowest BCUT2D eigenvalue weighted by Crippen LogP contribution is -2.38. The van der Waals surface area contributed by atoms with Crippen LogP contribution in [0.2, 0.25) is 0 Å². The minimum Gasteiger partial charge on any atom is -0.485 e. The van der Waals surface area contributed by atoms with Crippen LogP contribution in [0.25, 0.3) is 0 Å². The normalized spacial score (nSPS) is 21.0. The zero-order chi connectivity index (χ0) is 18.7. The van der Waals surface area contributed by atoms with Gasteiger partial charge < -0.3 is 19.5 Å². The minimum atomic E-state index is -1.03. The van der Waals surface area contributed by atoms with Gasteiger partial charge in [0, 0.05) is 4.47 Å². The predicted octanol–water partition coefficient (Wildman–Crippen LogP) is 4.95. The Bertz CT molecular complexity index is 659. The molecule has 0 aromatic heterocycles. The zero-order valence-electron chi connectivity index (χ0n) is 15.0. The molecule has 0 spiro atoms. The third-order valence-corrected chi connectivity index (χ3v) is 7.17. The maximum atomic E-state index is 11.6. The Kier molecular flexibility index (Phi) is 6.86. The van der Waals surface area contributed by atoms with E-state index in [1.165, 1.54) is 32.2 Å². The lowest BCUT2D eigenvalue weighted by molar-refractivity contribution is 0.0542. The van der Waals surface area contributed by atoms with E-state index in [1.807, 2.05) is 0 Å². The van der Waals surface area contributed by atoms with Crippen LogP contribution in [0.15, 0.2) is 15.0 Å². The first kappa shape index (κ1) is 20.0. The van der Waals surface area contributed by atoms with Gasteiger partial charge in [-0.2, -0.15) is 0 Å². The van der Waals surface area contributed by atoms with E-state index in [4.69, 9.17) is 9.47 Å². The third kappa shape index (κ3) is 4.54. The van der Waals surface area contributed by atoms with Crippen LogP contribution in [-0.2, 0) is 0 Å². The number of carboxylic acids is 1. The number of hydrogen-bond donors (Lipinski definition) is 1. The van der Waals surface area contributed by atoms with Crippen molar-refractivity contribution >= 4 is 37.8 Å². The molecule has 1 atom stereocenters. The molecular formula is C19H25Br2NO4. The second-order valence-corrected chi connectivity index (χ2v) is 8.75. The number of fused-ring (bicyclic) bond motifs is 1. The highest BCUT2D eigenvalue weighted by molar-refractivity contribution is 9.13. The molecule has 144 valence electrons. The molecule has 2 heterocycles. The number of carboxylic acid groups (broad SMARTS) is 1. The summed E-state index contributed by atoms with van der Waals surface area (Å²) in [4.78, 5) is 14.1. The molecular weight excluding hydrogens is 466 g/mol. The summed E-state index contributed by atoms with van der Waals surface area (Å²) in [5.74, 6) is 0.434. The number of likely N-dealkylation sites (tertiary alicyclic amines) is 1. The van der Waals surface area contributed by atoms with Gasteiger partial charge >= 0.3 is 5.97 Å². The molecule has 0 amide bonds. The molecule has 1 saturated heterocycles. The highest BCUT2D eigenvalue weighted by atomic mass is 79.9. The molecule has 1 unspecified atom stereocenters. The highest BCUT2D eigenvalue weighted by Crippen LogP contribution is 2.44. The predicted molar refractivity (Wildman–Crippen MR) is 107 cm³/mol. The van der Waals surface area contributed by atoms with Gasteiger partial charge in [-0.1, -0.05) is 13.3 Å². The van der Waals surface area contributed by atoms with Crippen molar-refractivity contribution in [2.45, 2.75) is 45.1 Å². The van der Waals surface area contributed by atoms with Gasteiger partial charge in [0.15, 0.2) is 11.5 Å². The van der Waals surface area contributed by atoms with Gasteiger partial charge in [0.05, 0.1) is 4.47 Å². The number of hydrogen-bond acceptors (Lipinski definition) is 4. The van der Waals surface area contributed by atoms with Gasteiger partial charge in [0.2, 0.25) is 0 Å². The first-order valence-corrected chi connectivity index (χ1v) is 10.8. The molecule has 1 N–H and O–H groups in total. The van der Waals surface area contributed by atoms with E-state index in [9.17, 15) is 9.90 Å². The van der Waals surface area contributed by atoms with Crippen LogP contribution in [-0.4, -0.2) is 48.3 Å². The molecule has 5 nitrogen and oxygen atoms in total. The van der Waals surface area contributed by atoms with Gasteiger partial charge in [0.25, 0.3) is 0 Å². The van der Waals surface area contributed by atoms with Gasteiger partial charge in [-0.15, -0.1) is 0 Å². The molecule has 0 aliphatic carbocycles. The number of ether oxygens (including phenoxy) is 2. The lowest BCUT2D eigenvalue weighted by Gasteiger charge is -2.35. The summed E-state index contributed by atoms with van der Waals surface area (Å²) in [6.45, 7) is 6.17. The van der Waals surface area contributed by atoms with Crippen molar-refractivity contribution in [3.8, 4) is 11.5 Å².